The molecule has 1 unspecified atom stereocenters. The number of ether oxygens (including phenoxy) is 1. The van der Waals surface area contributed by atoms with E-state index in [0.717, 1.165) is 37.4 Å². The van der Waals surface area contributed by atoms with Crippen molar-refractivity contribution in [1.29, 1.82) is 0 Å². The van der Waals surface area contributed by atoms with Crippen LogP contribution in [0.15, 0.2) is 24.3 Å². The van der Waals surface area contributed by atoms with Crippen LogP contribution in [0.3, 0.4) is 0 Å². The van der Waals surface area contributed by atoms with Crippen molar-refractivity contribution in [3.05, 3.63) is 24.3 Å². The third-order valence-corrected chi connectivity index (χ3v) is 3.65. The Labute approximate surface area is 120 Å². The quantitative estimate of drug-likeness (QED) is 0.888. The van der Waals surface area contributed by atoms with E-state index < -0.39 is 0 Å². The zero-order valence-corrected chi connectivity index (χ0v) is 12.2. The van der Waals surface area contributed by atoms with Crippen LogP contribution < -0.4 is 15.4 Å². The molecule has 0 spiro atoms. The predicted molar refractivity (Wildman–Crippen MR) is 80.3 cm³/mol. The molecule has 2 rings (SSSR count). The Morgan fingerprint density at radius 2 is 2.30 bits per heavy atom. The van der Waals surface area contributed by atoms with Gasteiger partial charge in [0.15, 0.2) is 0 Å². The molecule has 1 heterocycles. The lowest BCUT2D eigenvalue weighted by molar-refractivity contribution is 0.162. The minimum atomic E-state index is -0.0294. The molecule has 1 aromatic rings. The van der Waals surface area contributed by atoms with E-state index in [4.69, 9.17) is 4.74 Å². The molecule has 1 saturated heterocycles. The molecule has 0 aromatic heterocycles. The number of methoxy groups -OCH3 is 1. The number of nitrogens with zero attached hydrogens (tertiary/aromatic N) is 1. The van der Waals surface area contributed by atoms with Gasteiger partial charge in [-0.3, -0.25) is 0 Å². The first-order chi connectivity index (χ1) is 9.74. The van der Waals surface area contributed by atoms with Crippen molar-refractivity contribution < 1.29 is 9.53 Å². The lowest BCUT2D eigenvalue weighted by Gasteiger charge is -2.35. The number of carbonyl (C=O) groups is 1. The number of likely N-dealkylation sites (N-methyl/N-ethyl adjacent to an activating group) is 1. The molecule has 0 bridgehead atoms. The zero-order valence-electron chi connectivity index (χ0n) is 12.2. The van der Waals surface area contributed by atoms with E-state index in [-0.39, 0.29) is 12.1 Å². The minimum Gasteiger partial charge on any atom is -0.497 e. The smallest absolute Gasteiger partial charge is 0.322 e. The van der Waals surface area contributed by atoms with Gasteiger partial charge >= 0.3 is 6.03 Å². The van der Waals surface area contributed by atoms with Gasteiger partial charge < -0.3 is 20.3 Å². The van der Waals surface area contributed by atoms with Crippen molar-refractivity contribution in [1.82, 2.24) is 10.2 Å². The summed E-state index contributed by atoms with van der Waals surface area (Å²) in [6.07, 6.45) is 3.33. The van der Waals surface area contributed by atoms with E-state index in [0.29, 0.717) is 0 Å². The summed E-state index contributed by atoms with van der Waals surface area (Å²) >= 11 is 0. The van der Waals surface area contributed by atoms with E-state index in [1.54, 1.807) is 7.11 Å². The number of nitrogens with one attached hydrogen (secondary N) is 2. The average Bonchev–Trinajstić information content (AvgIpc) is 2.48. The van der Waals surface area contributed by atoms with Crippen LogP contribution in [0.1, 0.15) is 19.3 Å². The Bertz CT molecular complexity index is 448. The highest BCUT2D eigenvalue weighted by molar-refractivity contribution is 5.89. The van der Waals surface area contributed by atoms with E-state index in [1.165, 1.54) is 6.42 Å². The Balaban J connectivity index is 2.01. The van der Waals surface area contributed by atoms with Crippen LogP contribution in [-0.2, 0) is 0 Å². The van der Waals surface area contributed by atoms with Crippen LogP contribution in [-0.4, -0.2) is 44.2 Å². The number of piperidine rings is 1. The molecule has 2 N–H and O–H groups in total. The SMILES string of the molecule is CNCC1CCCCN1C(=O)Nc1cccc(OC)c1. The molecule has 110 valence electrons. The standard InChI is InChI=1S/C15H23N3O2/c1-16-11-13-7-3-4-9-18(13)15(19)17-12-6-5-8-14(10-12)20-2/h5-6,8,10,13,16H,3-4,7,9,11H2,1-2H3,(H,17,19). The Hall–Kier alpha value is -1.75. The monoisotopic (exact) mass is 277 g/mol. The fourth-order valence-corrected chi connectivity index (χ4v) is 2.61. The Kier molecular flexibility index (Phi) is 5.24. The number of rotatable bonds is 4. The molecule has 0 saturated carbocycles. The van der Waals surface area contributed by atoms with Gasteiger partial charge in [0, 0.05) is 30.9 Å². The summed E-state index contributed by atoms with van der Waals surface area (Å²) in [5.74, 6) is 0.744. The summed E-state index contributed by atoms with van der Waals surface area (Å²) in [5, 5.41) is 6.12. The summed E-state index contributed by atoms with van der Waals surface area (Å²) < 4.78 is 5.17. The van der Waals surface area contributed by atoms with Crippen molar-refractivity contribution in [3.8, 4) is 5.75 Å². The summed E-state index contributed by atoms with van der Waals surface area (Å²) in [7, 11) is 3.54. The van der Waals surface area contributed by atoms with Crippen LogP contribution in [0.5, 0.6) is 5.75 Å². The predicted octanol–water partition coefficient (Wildman–Crippen LogP) is 2.30. The highest BCUT2D eigenvalue weighted by Crippen LogP contribution is 2.20. The van der Waals surface area contributed by atoms with E-state index in [1.807, 2.05) is 36.2 Å². The van der Waals surface area contributed by atoms with E-state index in [2.05, 4.69) is 10.6 Å². The zero-order chi connectivity index (χ0) is 14.4. The maximum atomic E-state index is 12.4. The van der Waals surface area contributed by atoms with Gasteiger partial charge in [-0.1, -0.05) is 6.07 Å². The molecule has 1 atom stereocenters. The van der Waals surface area contributed by atoms with Gasteiger partial charge in [0.2, 0.25) is 0 Å². The van der Waals surface area contributed by atoms with Crippen molar-refractivity contribution >= 4 is 11.7 Å². The molecule has 0 radical (unpaired) electrons. The molecular formula is C15H23N3O2. The average molecular weight is 277 g/mol. The molecule has 1 aliphatic heterocycles. The second-order valence-corrected chi connectivity index (χ2v) is 5.06. The lowest BCUT2D eigenvalue weighted by atomic mass is 10.0. The number of anilines is 1. The van der Waals surface area contributed by atoms with Gasteiger partial charge in [0.25, 0.3) is 0 Å². The van der Waals surface area contributed by atoms with Gasteiger partial charge in [0.05, 0.1) is 7.11 Å². The molecule has 1 fully saturated rings. The minimum absolute atomic E-state index is 0.0294. The van der Waals surface area contributed by atoms with Gasteiger partial charge in [-0.05, 0) is 38.4 Å². The normalized spacial score (nSPS) is 18.7. The maximum Gasteiger partial charge on any atom is 0.322 e. The second-order valence-electron chi connectivity index (χ2n) is 5.06. The summed E-state index contributed by atoms with van der Waals surface area (Å²) in [4.78, 5) is 14.3. The van der Waals surface area contributed by atoms with Crippen molar-refractivity contribution in [3.63, 3.8) is 0 Å². The van der Waals surface area contributed by atoms with Crippen LogP contribution in [0.25, 0.3) is 0 Å². The van der Waals surface area contributed by atoms with Gasteiger partial charge in [-0.15, -0.1) is 0 Å². The largest absolute Gasteiger partial charge is 0.497 e. The number of urea groups is 1. The number of hydrogen-bond acceptors (Lipinski definition) is 3. The number of benzene rings is 1. The highest BCUT2D eigenvalue weighted by Gasteiger charge is 2.26. The van der Waals surface area contributed by atoms with E-state index >= 15 is 0 Å². The number of carbonyl (C=O) groups excluding carboxylic acids is 1. The lowest BCUT2D eigenvalue weighted by Crippen LogP contribution is -2.49. The summed E-state index contributed by atoms with van der Waals surface area (Å²) in [6, 6.07) is 7.68. The summed E-state index contributed by atoms with van der Waals surface area (Å²) in [5.41, 5.74) is 0.767. The molecule has 20 heavy (non-hydrogen) atoms. The van der Waals surface area contributed by atoms with Crippen LogP contribution >= 0.6 is 0 Å². The first-order valence-corrected chi connectivity index (χ1v) is 7.11. The number of likely N-dealkylation sites (tertiary alicyclic amines) is 1. The van der Waals surface area contributed by atoms with Crippen LogP contribution in [0.4, 0.5) is 10.5 Å². The molecule has 5 nitrogen and oxygen atoms in total. The molecule has 1 aromatic carbocycles. The topological polar surface area (TPSA) is 53.6 Å². The maximum absolute atomic E-state index is 12.4. The second kappa shape index (κ2) is 7.14. The van der Waals surface area contributed by atoms with Gasteiger partial charge in [0.1, 0.15) is 5.75 Å². The molecule has 0 aliphatic carbocycles. The first-order valence-electron chi connectivity index (χ1n) is 7.11. The Morgan fingerprint density at radius 3 is 3.05 bits per heavy atom. The van der Waals surface area contributed by atoms with Crippen LogP contribution in [0, 0.1) is 0 Å². The number of hydrogen-bond donors (Lipinski definition) is 2. The molecule has 2 amide bonds. The fraction of sp³-hybridized carbons (Fsp3) is 0.533. The number of amides is 2. The van der Waals surface area contributed by atoms with Gasteiger partial charge in [-0.2, -0.15) is 0 Å². The van der Waals surface area contributed by atoms with Crippen molar-refractivity contribution in [2.75, 3.05) is 32.6 Å². The highest BCUT2D eigenvalue weighted by atomic mass is 16.5. The van der Waals surface area contributed by atoms with Gasteiger partial charge in [-0.25, -0.2) is 4.79 Å². The molecule has 5 heteroatoms. The third-order valence-electron chi connectivity index (χ3n) is 3.65. The van der Waals surface area contributed by atoms with E-state index in [9.17, 15) is 4.79 Å². The van der Waals surface area contributed by atoms with Crippen LogP contribution in [0.2, 0.25) is 0 Å². The molecular weight excluding hydrogens is 254 g/mol. The van der Waals surface area contributed by atoms with Crippen molar-refractivity contribution in [2.45, 2.75) is 25.3 Å². The molecule has 1 aliphatic rings. The first kappa shape index (κ1) is 14.7. The Morgan fingerprint density at radius 1 is 1.45 bits per heavy atom. The third kappa shape index (κ3) is 3.63. The fourth-order valence-electron chi connectivity index (χ4n) is 2.61. The van der Waals surface area contributed by atoms with Crippen molar-refractivity contribution in [2.24, 2.45) is 0 Å². The summed E-state index contributed by atoms with van der Waals surface area (Å²) in [6.45, 7) is 1.66.